The minimum atomic E-state index is -0.467. The van der Waals surface area contributed by atoms with Gasteiger partial charge in [-0.25, -0.2) is 0 Å². The third kappa shape index (κ3) is 3.33. The van der Waals surface area contributed by atoms with Crippen molar-refractivity contribution >= 4 is 63.3 Å². The monoisotopic (exact) mass is 376 g/mol. The third-order valence-corrected chi connectivity index (χ3v) is 4.89. The van der Waals surface area contributed by atoms with Crippen molar-refractivity contribution in [3.63, 3.8) is 0 Å². The second-order valence-electron chi connectivity index (χ2n) is 4.85. The molecule has 1 saturated heterocycles. The summed E-state index contributed by atoms with van der Waals surface area (Å²) in [6.45, 7) is 0. The van der Waals surface area contributed by atoms with E-state index in [1.807, 2.05) is 0 Å². The van der Waals surface area contributed by atoms with Crippen LogP contribution in [-0.2, 0) is 0 Å². The maximum absolute atomic E-state index is 12.3. The predicted octanol–water partition coefficient (Wildman–Crippen LogP) is 5.29. The van der Waals surface area contributed by atoms with Crippen LogP contribution in [0.4, 0.5) is 16.2 Å². The number of benzene rings is 2. The Bertz CT molecular complexity index is 898. The first-order valence-electron chi connectivity index (χ1n) is 6.74. The van der Waals surface area contributed by atoms with Gasteiger partial charge >= 0.3 is 0 Å². The molecule has 8 heteroatoms. The summed E-state index contributed by atoms with van der Waals surface area (Å²) in [5, 5.41) is 11.1. The van der Waals surface area contributed by atoms with Crippen molar-refractivity contribution in [2.75, 3.05) is 4.90 Å². The zero-order chi connectivity index (χ0) is 17.3. The number of carbonyl (C=O) groups excluding carboxylic acids is 1. The van der Waals surface area contributed by atoms with Crippen LogP contribution in [0, 0.1) is 10.1 Å². The van der Waals surface area contributed by atoms with Crippen LogP contribution in [0.3, 0.4) is 0 Å². The summed E-state index contributed by atoms with van der Waals surface area (Å²) in [4.78, 5) is 25.0. The Labute approximate surface area is 152 Å². The van der Waals surface area contributed by atoms with Gasteiger partial charge in [0, 0.05) is 17.2 Å². The van der Waals surface area contributed by atoms with E-state index >= 15 is 0 Å². The Balaban J connectivity index is 1.94. The number of hydrogen-bond donors (Lipinski definition) is 0. The highest BCUT2D eigenvalue weighted by molar-refractivity contribution is 8.20. The topological polar surface area (TPSA) is 63.4 Å². The van der Waals surface area contributed by atoms with Crippen LogP contribution in [0.15, 0.2) is 53.4 Å². The average Bonchev–Trinajstić information content (AvgIpc) is 2.81. The Morgan fingerprint density at radius 2 is 1.96 bits per heavy atom. The van der Waals surface area contributed by atoms with Gasteiger partial charge in [-0.05, 0) is 41.6 Å². The van der Waals surface area contributed by atoms with Crippen LogP contribution < -0.4 is 4.90 Å². The number of thioether (sulfide) groups is 1. The highest BCUT2D eigenvalue weighted by Crippen LogP contribution is 2.37. The molecule has 120 valence electrons. The lowest BCUT2D eigenvalue weighted by molar-refractivity contribution is -0.384. The van der Waals surface area contributed by atoms with Gasteiger partial charge < -0.3 is 0 Å². The van der Waals surface area contributed by atoms with Gasteiger partial charge in [-0.1, -0.05) is 42.0 Å². The number of nitro benzene ring substituents is 1. The molecule has 0 N–H and O–H groups in total. The van der Waals surface area contributed by atoms with Crippen molar-refractivity contribution in [3.8, 4) is 0 Å². The fourth-order valence-electron chi connectivity index (χ4n) is 2.19. The molecule has 2 aromatic rings. The van der Waals surface area contributed by atoms with Crippen molar-refractivity contribution < 1.29 is 9.72 Å². The lowest BCUT2D eigenvalue weighted by Gasteiger charge is -2.14. The Morgan fingerprint density at radius 1 is 1.21 bits per heavy atom. The van der Waals surface area contributed by atoms with E-state index in [4.69, 9.17) is 23.8 Å². The fraction of sp³-hybridized carbons (Fsp3) is 0. The van der Waals surface area contributed by atoms with Gasteiger partial charge in [0.2, 0.25) is 0 Å². The normalized spacial score (nSPS) is 16.0. The molecule has 0 aliphatic carbocycles. The molecule has 0 aromatic heterocycles. The molecule has 0 atom stereocenters. The highest BCUT2D eigenvalue weighted by atomic mass is 35.5. The number of amides is 1. The predicted molar refractivity (Wildman–Crippen MR) is 101 cm³/mol. The fourth-order valence-corrected chi connectivity index (χ4v) is 3.65. The maximum atomic E-state index is 12.3. The van der Waals surface area contributed by atoms with Crippen LogP contribution in [0.25, 0.3) is 6.08 Å². The Kier molecular flexibility index (Phi) is 4.66. The van der Waals surface area contributed by atoms with Crippen LogP contribution in [0.2, 0.25) is 5.02 Å². The molecule has 0 spiro atoms. The third-order valence-electron chi connectivity index (χ3n) is 3.24. The first-order valence-corrected chi connectivity index (χ1v) is 8.34. The number of thiocarbonyl (C=S) groups is 1. The van der Waals surface area contributed by atoms with E-state index in [-0.39, 0.29) is 10.9 Å². The summed E-state index contributed by atoms with van der Waals surface area (Å²) < 4.78 is 0. The van der Waals surface area contributed by atoms with Gasteiger partial charge in [0.05, 0.1) is 15.5 Å². The second-order valence-corrected chi connectivity index (χ2v) is 6.67. The van der Waals surface area contributed by atoms with Crippen LogP contribution >= 0.6 is 35.6 Å². The maximum Gasteiger partial charge on any atom is 0.296 e. The Hall–Kier alpha value is -2.22. The largest absolute Gasteiger partial charge is 0.296 e. The summed E-state index contributed by atoms with van der Waals surface area (Å²) in [6, 6.07) is 13.0. The van der Waals surface area contributed by atoms with Crippen molar-refractivity contribution in [3.05, 3.63) is 74.1 Å². The summed E-state index contributed by atoms with van der Waals surface area (Å²) in [7, 11) is 0. The molecule has 1 heterocycles. The van der Waals surface area contributed by atoms with Gasteiger partial charge in [-0.15, -0.1) is 0 Å². The summed E-state index contributed by atoms with van der Waals surface area (Å²) in [6.07, 6.45) is 1.67. The van der Waals surface area contributed by atoms with Gasteiger partial charge in [-0.2, -0.15) is 0 Å². The van der Waals surface area contributed by atoms with Gasteiger partial charge in [0.15, 0.2) is 0 Å². The number of halogens is 1. The van der Waals surface area contributed by atoms with Crippen LogP contribution in [-0.4, -0.2) is 15.2 Å². The standard InChI is InChI=1S/C16H9ClN2O3S2/c17-11-4-2-5-12(9-11)18-15(23)14(24-16(18)20)8-10-3-1-6-13(7-10)19(21)22/h1-9H. The van der Waals surface area contributed by atoms with Crippen LogP contribution in [0.1, 0.15) is 5.56 Å². The quantitative estimate of drug-likeness (QED) is 0.315. The zero-order valence-corrected chi connectivity index (χ0v) is 14.4. The molecule has 0 unspecified atom stereocenters. The molecule has 0 saturated carbocycles. The van der Waals surface area contributed by atoms with Crippen LogP contribution in [0.5, 0.6) is 0 Å². The van der Waals surface area contributed by atoms with Gasteiger partial charge in [-0.3, -0.25) is 19.8 Å². The minimum Gasteiger partial charge on any atom is -0.261 e. The SMILES string of the molecule is O=C1SC(=Cc2cccc([N+](=O)[O-])c2)C(=S)N1c1cccc(Cl)c1. The summed E-state index contributed by atoms with van der Waals surface area (Å²) >= 11 is 12.3. The molecule has 5 nitrogen and oxygen atoms in total. The van der Waals surface area contributed by atoms with E-state index < -0.39 is 4.92 Å². The lowest BCUT2D eigenvalue weighted by atomic mass is 10.2. The number of rotatable bonds is 3. The summed E-state index contributed by atoms with van der Waals surface area (Å²) in [5.41, 5.74) is 1.18. The smallest absolute Gasteiger partial charge is 0.261 e. The van der Waals surface area contributed by atoms with E-state index in [2.05, 4.69) is 0 Å². The molecular formula is C16H9ClN2O3S2. The molecule has 24 heavy (non-hydrogen) atoms. The van der Waals surface area contributed by atoms with E-state index in [1.54, 1.807) is 42.5 Å². The Morgan fingerprint density at radius 3 is 2.67 bits per heavy atom. The second kappa shape index (κ2) is 6.72. The number of non-ortho nitro benzene ring substituents is 1. The molecule has 3 rings (SSSR count). The first-order chi connectivity index (χ1) is 11.5. The highest BCUT2D eigenvalue weighted by Gasteiger charge is 2.33. The lowest BCUT2D eigenvalue weighted by Crippen LogP contribution is -2.26. The number of carbonyl (C=O) groups is 1. The van der Waals surface area contributed by atoms with E-state index in [1.165, 1.54) is 17.0 Å². The van der Waals surface area contributed by atoms with Crippen molar-refractivity contribution in [2.24, 2.45) is 0 Å². The first kappa shape index (κ1) is 16.6. The molecule has 1 aliphatic heterocycles. The molecule has 0 radical (unpaired) electrons. The number of hydrogen-bond acceptors (Lipinski definition) is 5. The average molecular weight is 377 g/mol. The molecule has 0 bridgehead atoms. The number of nitro groups is 1. The molecule has 1 aliphatic rings. The van der Waals surface area contributed by atoms with E-state index in [0.717, 1.165) is 11.8 Å². The summed E-state index contributed by atoms with van der Waals surface area (Å²) in [5.74, 6) is 0. The van der Waals surface area contributed by atoms with E-state index in [0.29, 0.717) is 26.2 Å². The number of anilines is 1. The van der Waals surface area contributed by atoms with Crippen molar-refractivity contribution in [1.29, 1.82) is 0 Å². The van der Waals surface area contributed by atoms with Gasteiger partial charge in [0.1, 0.15) is 4.99 Å². The molecule has 1 amide bonds. The zero-order valence-electron chi connectivity index (χ0n) is 12.0. The molecule has 1 fully saturated rings. The van der Waals surface area contributed by atoms with E-state index in [9.17, 15) is 14.9 Å². The molecular weight excluding hydrogens is 368 g/mol. The number of nitrogens with zero attached hydrogens (tertiary/aromatic N) is 2. The van der Waals surface area contributed by atoms with Crippen molar-refractivity contribution in [1.82, 2.24) is 0 Å². The van der Waals surface area contributed by atoms with Crippen molar-refractivity contribution in [2.45, 2.75) is 0 Å². The molecule has 2 aromatic carbocycles. The minimum absolute atomic E-state index is 0.0173. The van der Waals surface area contributed by atoms with Gasteiger partial charge in [0.25, 0.3) is 10.9 Å².